The van der Waals surface area contributed by atoms with Crippen LogP contribution in [-0.4, -0.2) is 38.2 Å². The zero-order valence-electron chi connectivity index (χ0n) is 13.1. The summed E-state index contributed by atoms with van der Waals surface area (Å²) < 4.78 is 47.5. The highest BCUT2D eigenvalue weighted by Crippen LogP contribution is 2.29. The quantitative estimate of drug-likeness (QED) is 0.829. The molecule has 5 nitrogen and oxygen atoms in total. The SMILES string of the molecule is COC(=O)[C@H](Cc1ccc(C(F)(F)F)cc1)NC(=O)[C@H]1CCOC1. The predicted molar refractivity (Wildman–Crippen MR) is 78.0 cm³/mol. The average molecular weight is 345 g/mol. The van der Waals surface area contributed by atoms with Crippen molar-refractivity contribution in [3.63, 3.8) is 0 Å². The Morgan fingerprint density at radius 3 is 2.50 bits per heavy atom. The van der Waals surface area contributed by atoms with Crippen LogP contribution < -0.4 is 5.32 Å². The molecule has 1 saturated heterocycles. The number of carbonyl (C=O) groups excluding carboxylic acids is 2. The second-order valence-electron chi connectivity index (χ2n) is 5.54. The number of nitrogens with one attached hydrogen (secondary N) is 1. The molecule has 1 fully saturated rings. The molecular formula is C16H18F3NO4. The highest BCUT2D eigenvalue weighted by Gasteiger charge is 2.31. The van der Waals surface area contributed by atoms with Crippen molar-refractivity contribution in [1.82, 2.24) is 5.32 Å². The molecule has 1 amide bonds. The van der Waals surface area contributed by atoms with Crippen LogP contribution in [0.25, 0.3) is 0 Å². The fourth-order valence-corrected chi connectivity index (χ4v) is 2.43. The molecule has 0 bridgehead atoms. The van der Waals surface area contributed by atoms with Gasteiger partial charge in [0, 0.05) is 13.0 Å². The number of hydrogen-bond donors (Lipinski definition) is 1. The third-order valence-corrected chi connectivity index (χ3v) is 3.82. The molecule has 2 rings (SSSR count). The van der Waals surface area contributed by atoms with Crippen molar-refractivity contribution in [3.8, 4) is 0 Å². The molecule has 1 heterocycles. The van der Waals surface area contributed by atoms with Gasteiger partial charge in [0.15, 0.2) is 0 Å². The van der Waals surface area contributed by atoms with E-state index in [1.54, 1.807) is 0 Å². The molecule has 1 aliphatic rings. The van der Waals surface area contributed by atoms with Gasteiger partial charge in [-0.1, -0.05) is 12.1 Å². The number of esters is 1. The third kappa shape index (κ3) is 4.70. The molecule has 0 aliphatic carbocycles. The summed E-state index contributed by atoms with van der Waals surface area (Å²) >= 11 is 0. The molecule has 1 N–H and O–H groups in total. The van der Waals surface area contributed by atoms with Gasteiger partial charge in [-0.3, -0.25) is 4.79 Å². The van der Waals surface area contributed by atoms with Crippen LogP contribution in [0.15, 0.2) is 24.3 Å². The summed E-state index contributed by atoms with van der Waals surface area (Å²) in [6, 6.07) is 3.49. The second kappa shape index (κ2) is 7.65. The van der Waals surface area contributed by atoms with Crippen LogP contribution in [0.4, 0.5) is 13.2 Å². The Morgan fingerprint density at radius 2 is 2.00 bits per heavy atom. The topological polar surface area (TPSA) is 64.6 Å². The molecule has 1 aromatic carbocycles. The van der Waals surface area contributed by atoms with E-state index in [0.29, 0.717) is 25.2 Å². The van der Waals surface area contributed by atoms with Crippen molar-refractivity contribution in [2.75, 3.05) is 20.3 Å². The van der Waals surface area contributed by atoms with E-state index in [1.165, 1.54) is 19.2 Å². The first kappa shape index (κ1) is 18.3. The van der Waals surface area contributed by atoms with Gasteiger partial charge in [0.25, 0.3) is 0 Å². The third-order valence-electron chi connectivity index (χ3n) is 3.82. The van der Waals surface area contributed by atoms with E-state index in [9.17, 15) is 22.8 Å². The second-order valence-corrected chi connectivity index (χ2v) is 5.54. The molecule has 0 unspecified atom stereocenters. The Kier molecular flexibility index (Phi) is 5.82. The number of ether oxygens (including phenoxy) is 2. The van der Waals surface area contributed by atoms with Crippen LogP contribution in [0.2, 0.25) is 0 Å². The van der Waals surface area contributed by atoms with Gasteiger partial charge in [0.2, 0.25) is 5.91 Å². The van der Waals surface area contributed by atoms with Gasteiger partial charge >= 0.3 is 12.1 Å². The van der Waals surface area contributed by atoms with E-state index in [0.717, 1.165) is 12.1 Å². The zero-order chi connectivity index (χ0) is 17.7. The lowest BCUT2D eigenvalue weighted by Gasteiger charge is -2.19. The average Bonchev–Trinajstić information content (AvgIpc) is 3.07. The summed E-state index contributed by atoms with van der Waals surface area (Å²) in [4.78, 5) is 23.9. The number of carbonyl (C=O) groups is 2. The molecule has 24 heavy (non-hydrogen) atoms. The molecule has 0 aromatic heterocycles. The van der Waals surface area contributed by atoms with Crippen molar-refractivity contribution in [1.29, 1.82) is 0 Å². The Bertz CT molecular complexity index is 580. The maximum Gasteiger partial charge on any atom is 0.416 e. The largest absolute Gasteiger partial charge is 0.467 e. The lowest BCUT2D eigenvalue weighted by atomic mass is 10.0. The fraction of sp³-hybridized carbons (Fsp3) is 0.500. The molecule has 2 atom stereocenters. The minimum absolute atomic E-state index is 0.0458. The van der Waals surface area contributed by atoms with Crippen LogP contribution in [0.3, 0.4) is 0 Å². The summed E-state index contributed by atoms with van der Waals surface area (Å²) in [5.41, 5.74) is -0.283. The fourth-order valence-electron chi connectivity index (χ4n) is 2.43. The highest BCUT2D eigenvalue weighted by molar-refractivity contribution is 5.86. The maximum atomic E-state index is 12.6. The van der Waals surface area contributed by atoms with Crippen LogP contribution in [0.5, 0.6) is 0 Å². The van der Waals surface area contributed by atoms with Crippen molar-refractivity contribution in [2.24, 2.45) is 5.92 Å². The minimum Gasteiger partial charge on any atom is -0.467 e. The first-order valence-electron chi connectivity index (χ1n) is 7.43. The lowest BCUT2D eigenvalue weighted by molar-refractivity contribution is -0.145. The van der Waals surface area contributed by atoms with Crippen LogP contribution in [0, 0.1) is 5.92 Å². The molecule has 1 aromatic rings. The molecule has 0 saturated carbocycles. The van der Waals surface area contributed by atoms with E-state index >= 15 is 0 Å². The Labute approximate surface area is 137 Å². The summed E-state index contributed by atoms with van der Waals surface area (Å²) in [5.74, 6) is -1.30. The van der Waals surface area contributed by atoms with Gasteiger partial charge in [-0.25, -0.2) is 4.79 Å². The monoisotopic (exact) mass is 345 g/mol. The van der Waals surface area contributed by atoms with Crippen LogP contribution in [-0.2, 0) is 31.7 Å². The molecule has 1 aliphatic heterocycles. The van der Waals surface area contributed by atoms with E-state index in [-0.39, 0.29) is 18.2 Å². The standard InChI is InChI=1S/C16H18F3NO4/c1-23-15(22)13(20-14(21)11-6-7-24-9-11)8-10-2-4-12(5-3-10)16(17,18)19/h2-5,11,13H,6-9H2,1H3,(H,20,21)/t11-,13-/m0/s1. The van der Waals surface area contributed by atoms with Gasteiger partial charge < -0.3 is 14.8 Å². The smallest absolute Gasteiger partial charge is 0.416 e. The van der Waals surface area contributed by atoms with Crippen molar-refractivity contribution < 1.29 is 32.2 Å². The zero-order valence-corrected chi connectivity index (χ0v) is 13.1. The number of amides is 1. The Hall–Kier alpha value is -2.09. The number of methoxy groups -OCH3 is 1. The first-order chi connectivity index (χ1) is 11.3. The normalized spacial score (nSPS) is 18.9. The van der Waals surface area contributed by atoms with E-state index in [4.69, 9.17) is 4.74 Å². The Morgan fingerprint density at radius 1 is 1.33 bits per heavy atom. The minimum atomic E-state index is -4.42. The number of alkyl halides is 3. The summed E-state index contributed by atoms with van der Waals surface area (Å²) in [6.07, 6.45) is -3.80. The lowest BCUT2D eigenvalue weighted by Crippen LogP contribution is -2.45. The molecule has 132 valence electrons. The number of halogens is 3. The molecule has 8 heteroatoms. The van der Waals surface area contributed by atoms with Gasteiger partial charge in [-0.15, -0.1) is 0 Å². The predicted octanol–water partition coefficient (Wildman–Crippen LogP) is 1.94. The van der Waals surface area contributed by atoms with E-state index < -0.39 is 23.8 Å². The molecule has 0 radical (unpaired) electrons. The van der Waals surface area contributed by atoms with E-state index in [2.05, 4.69) is 10.1 Å². The van der Waals surface area contributed by atoms with Gasteiger partial charge in [-0.2, -0.15) is 13.2 Å². The van der Waals surface area contributed by atoms with Crippen molar-refractivity contribution >= 4 is 11.9 Å². The summed E-state index contributed by atoms with van der Waals surface area (Å²) in [7, 11) is 1.19. The van der Waals surface area contributed by atoms with Crippen LogP contribution in [0.1, 0.15) is 17.5 Å². The number of benzene rings is 1. The van der Waals surface area contributed by atoms with Gasteiger partial charge in [0.05, 0.1) is 25.2 Å². The summed E-state index contributed by atoms with van der Waals surface area (Å²) in [5, 5.41) is 2.59. The van der Waals surface area contributed by atoms with E-state index in [1.807, 2.05) is 0 Å². The van der Waals surface area contributed by atoms with Crippen molar-refractivity contribution in [3.05, 3.63) is 35.4 Å². The van der Waals surface area contributed by atoms with Crippen LogP contribution >= 0.6 is 0 Å². The van der Waals surface area contributed by atoms with Gasteiger partial charge in [-0.05, 0) is 24.1 Å². The van der Waals surface area contributed by atoms with Crippen molar-refractivity contribution in [2.45, 2.75) is 25.1 Å². The summed E-state index contributed by atoms with van der Waals surface area (Å²) in [6.45, 7) is 0.778. The molecule has 0 spiro atoms. The first-order valence-corrected chi connectivity index (χ1v) is 7.43. The molecular weight excluding hydrogens is 327 g/mol. The highest BCUT2D eigenvalue weighted by atomic mass is 19.4. The number of rotatable bonds is 5. The maximum absolute atomic E-state index is 12.6. The Balaban J connectivity index is 2.05. The number of hydrogen-bond acceptors (Lipinski definition) is 4. The van der Waals surface area contributed by atoms with Gasteiger partial charge in [0.1, 0.15) is 6.04 Å².